The maximum atomic E-state index is 5.60. The first-order valence-corrected chi connectivity index (χ1v) is 6.29. The second-order valence-corrected chi connectivity index (χ2v) is 4.81. The molecule has 0 fully saturated rings. The van der Waals surface area contributed by atoms with Gasteiger partial charge in [-0.05, 0) is 12.0 Å². The molecule has 0 aliphatic rings. The van der Waals surface area contributed by atoms with E-state index < -0.39 is 0 Å². The van der Waals surface area contributed by atoms with Gasteiger partial charge < -0.3 is 5.73 Å². The lowest BCUT2D eigenvalue weighted by atomic mass is 10.1. The van der Waals surface area contributed by atoms with Gasteiger partial charge in [-0.3, -0.25) is 0 Å². The molecule has 3 aromatic rings. The van der Waals surface area contributed by atoms with Gasteiger partial charge in [0.15, 0.2) is 0 Å². The highest BCUT2D eigenvalue weighted by Crippen LogP contribution is 2.26. The molecule has 2 N–H and O–H groups in total. The molecule has 86 valence electrons. The van der Waals surface area contributed by atoms with Gasteiger partial charge >= 0.3 is 0 Å². The quantitative estimate of drug-likeness (QED) is 0.754. The fraction of sp³-hybridized carbons (Fsp3) is 0.167. The number of aryl methyl sites for hydroxylation is 1. The Morgan fingerprint density at radius 2 is 2.06 bits per heavy atom. The van der Waals surface area contributed by atoms with Crippen LogP contribution in [0.15, 0.2) is 30.5 Å². The molecule has 0 aliphatic heterocycles. The number of nitrogens with zero attached hydrogens (tertiary/aromatic N) is 3. The molecule has 0 radical (unpaired) electrons. The summed E-state index contributed by atoms with van der Waals surface area (Å²) in [5, 5.41) is 5.42. The normalized spacial score (nSPS) is 11.1. The fourth-order valence-electron chi connectivity index (χ4n) is 1.72. The van der Waals surface area contributed by atoms with Gasteiger partial charge in [0.2, 0.25) is 4.96 Å². The summed E-state index contributed by atoms with van der Waals surface area (Å²) in [5.41, 5.74) is 8.05. The van der Waals surface area contributed by atoms with E-state index in [1.807, 2.05) is 0 Å². The average Bonchev–Trinajstić information content (AvgIpc) is 2.86. The maximum Gasteiger partial charge on any atom is 0.214 e. The van der Waals surface area contributed by atoms with E-state index in [-0.39, 0.29) is 0 Å². The highest BCUT2D eigenvalue weighted by atomic mass is 32.1. The van der Waals surface area contributed by atoms with Crippen LogP contribution >= 0.6 is 11.3 Å². The van der Waals surface area contributed by atoms with Crippen LogP contribution in [0.4, 0.5) is 5.82 Å². The number of benzene rings is 1. The van der Waals surface area contributed by atoms with E-state index in [0.29, 0.717) is 5.82 Å². The largest absolute Gasteiger partial charge is 0.382 e. The Morgan fingerprint density at radius 1 is 1.29 bits per heavy atom. The summed E-state index contributed by atoms with van der Waals surface area (Å²) in [4.78, 5) is 5.02. The molecule has 0 saturated carbocycles. The maximum absolute atomic E-state index is 5.60. The Morgan fingerprint density at radius 3 is 2.71 bits per heavy atom. The number of anilines is 1. The van der Waals surface area contributed by atoms with Crippen LogP contribution in [-0.2, 0) is 6.42 Å². The van der Waals surface area contributed by atoms with E-state index in [0.717, 1.165) is 22.0 Å². The summed E-state index contributed by atoms with van der Waals surface area (Å²) < 4.78 is 1.73. The number of imidazole rings is 1. The summed E-state index contributed by atoms with van der Waals surface area (Å²) in [6, 6.07) is 8.46. The second-order valence-electron chi connectivity index (χ2n) is 3.85. The number of aromatic nitrogens is 3. The number of rotatable bonds is 2. The number of hydrogen-bond acceptors (Lipinski definition) is 4. The molecular formula is C12H12N4S. The van der Waals surface area contributed by atoms with Gasteiger partial charge in [0.25, 0.3) is 0 Å². The average molecular weight is 244 g/mol. The molecular weight excluding hydrogens is 232 g/mol. The molecule has 0 spiro atoms. The van der Waals surface area contributed by atoms with Gasteiger partial charge in [0.05, 0.1) is 6.20 Å². The van der Waals surface area contributed by atoms with Crippen molar-refractivity contribution in [3.05, 3.63) is 36.0 Å². The summed E-state index contributed by atoms with van der Waals surface area (Å²) in [6.07, 6.45) is 2.79. The first-order valence-electron chi connectivity index (χ1n) is 5.47. The summed E-state index contributed by atoms with van der Waals surface area (Å²) in [7, 11) is 0. The molecule has 17 heavy (non-hydrogen) atoms. The number of fused-ring (bicyclic) bond motifs is 1. The van der Waals surface area contributed by atoms with Gasteiger partial charge in [-0.15, -0.1) is 0 Å². The highest BCUT2D eigenvalue weighted by Gasteiger charge is 2.08. The van der Waals surface area contributed by atoms with Crippen molar-refractivity contribution in [1.29, 1.82) is 0 Å². The molecule has 0 amide bonds. The second kappa shape index (κ2) is 3.85. The van der Waals surface area contributed by atoms with Gasteiger partial charge in [-0.1, -0.05) is 42.5 Å². The van der Waals surface area contributed by atoms with Crippen LogP contribution < -0.4 is 5.73 Å². The van der Waals surface area contributed by atoms with E-state index in [4.69, 9.17) is 5.73 Å². The third-order valence-corrected chi connectivity index (χ3v) is 3.64. The summed E-state index contributed by atoms with van der Waals surface area (Å²) in [5.74, 6) is 0.511. The van der Waals surface area contributed by atoms with Crippen molar-refractivity contribution in [2.24, 2.45) is 0 Å². The third-order valence-electron chi connectivity index (χ3n) is 2.67. The molecule has 3 rings (SSSR count). The lowest BCUT2D eigenvalue weighted by molar-refractivity contribution is 0.978. The highest BCUT2D eigenvalue weighted by molar-refractivity contribution is 7.19. The van der Waals surface area contributed by atoms with Crippen molar-refractivity contribution in [3.63, 3.8) is 0 Å². The monoisotopic (exact) mass is 244 g/mol. The van der Waals surface area contributed by atoms with Crippen molar-refractivity contribution in [1.82, 2.24) is 14.6 Å². The minimum absolute atomic E-state index is 0.511. The van der Waals surface area contributed by atoms with Gasteiger partial charge in [-0.2, -0.15) is 5.10 Å². The van der Waals surface area contributed by atoms with E-state index in [9.17, 15) is 0 Å². The first-order chi connectivity index (χ1) is 8.26. The molecule has 4 nitrogen and oxygen atoms in total. The summed E-state index contributed by atoms with van der Waals surface area (Å²) >= 11 is 1.55. The minimum Gasteiger partial charge on any atom is -0.382 e. The van der Waals surface area contributed by atoms with Crippen molar-refractivity contribution in [2.75, 3.05) is 5.73 Å². The van der Waals surface area contributed by atoms with Crippen LogP contribution in [0.3, 0.4) is 0 Å². The predicted octanol–water partition coefficient (Wildman–Crippen LogP) is 2.60. The van der Waals surface area contributed by atoms with Gasteiger partial charge in [-0.25, -0.2) is 9.50 Å². The SMILES string of the molecule is CCc1ccc(-c2nn3cc(N)nc3s2)cc1. The van der Waals surface area contributed by atoms with E-state index in [1.165, 1.54) is 5.56 Å². The van der Waals surface area contributed by atoms with Crippen molar-refractivity contribution < 1.29 is 0 Å². The molecule has 0 aliphatic carbocycles. The standard InChI is InChI=1S/C12H12N4S/c1-2-8-3-5-9(6-4-8)11-15-16-7-10(13)14-12(16)17-11/h3-7H,2,13H2,1H3. The van der Waals surface area contributed by atoms with E-state index >= 15 is 0 Å². The lowest BCUT2D eigenvalue weighted by Gasteiger charge is -1.97. The molecule has 1 aromatic carbocycles. The summed E-state index contributed by atoms with van der Waals surface area (Å²) in [6.45, 7) is 2.15. The predicted molar refractivity (Wildman–Crippen MR) is 70.1 cm³/mol. The number of hydrogen-bond donors (Lipinski definition) is 1. The van der Waals surface area contributed by atoms with Crippen molar-refractivity contribution in [3.8, 4) is 10.6 Å². The zero-order valence-corrected chi connectivity index (χ0v) is 10.2. The molecule has 0 saturated heterocycles. The minimum atomic E-state index is 0.511. The fourth-order valence-corrected chi connectivity index (χ4v) is 2.61. The zero-order valence-electron chi connectivity index (χ0n) is 9.42. The molecule has 2 aromatic heterocycles. The number of nitrogens with two attached hydrogens (primary N) is 1. The smallest absolute Gasteiger partial charge is 0.214 e. The number of nitrogen functional groups attached to an aromatic ring is 1. The molecule has 5 heteroatoms. The molecule has 0 atom stereocenters. The van der Waals surface area contributed by atoms with Gasteiger partial charge in [0, 0.05) is 5.56 Å². The molecule has 2 heterocycles. The first kappa shape index (κ1) is 10.3. The van der Waals surface area contributed by atoms with Crippen molar-refractivity contribution in [2.45, 2.75) is 13.3 Å². The molecule has 0 unspecified atom stereocenters. The Hall–Kier alpha value is -1.88. The van der Waals surface area contributed by atoms with Crippen molar-refractivity contribution >= 4 is 22.1 Å². The topological polar surface area (TPSA) is 56.2 Å². The Bertz CT molecular complexity index is 619. The van der Waals surface area contributed by atoms with Crippen LogP contribution in [-0.4, -0.2) is 14.6 Å². The Balaban J connectivity index is 2.04. The zero-order chi connectivity index (χ0) is 11.8. The van der Waals surface area contributed by atoms with Crippen LogP contribution in [0, 0.1) is 0 Å². The lowest BCUT2D eigenvalue weighted by Crippen LogP contribution is -1.85. The van der Waals surface area contributed by atoms with Crippen LogP contribution in [0.2, 0.25) is 0 Å². The van der Waals surface area contributed by atoms with Gasteiger partial charge in [0.1, 0.15) is 10.8 Å². The molecule has 0 bridgehead atoms. The van der Waals surface area contributed by atoms with E-state index in [2.05, 4.69) is 41.3 Å². The Labute approximate surface area is 103 Å². The van der Waals surface area contributed by atoms with Crippen LogP contribution in [0.25, 0.3) is 15.5 Å². The van der Waals surface area contributed by atoms with Crippen LogP contribution in [0.1, 0.15) is 12.5 Å². The Kier molecular flexibility index (Phi) is 2.33. The third kappa shape index (κ3) is 1.78. The van der Waals surface area contributed by atoms with Crippen LogP contribution in [0.5, 0.6) is 0 Å². The van der Waals surface area contributed by atoms with E-state index in [1.54, 1.807) is 22.0 Å².